The van der Waals surface area contributed by atoms with Crippen molar-refractivity contribution in [1.29, 1.82) is 0 Å². The minimum Gasteiger partial charge on any atom is -0.378 e. The van der Waals surface area contributed by atoms with E-state index < -0.39 is 11.6 Å². The summed E-state index contributed by atoms with van der Waals surface area (Å²) in [6, 6.07) is 12.2. The maximum absolute atomic E-state index is 15.1. The van der Waals surface area contributed by atoms with E-state index in [1.165, 1.54) is 30.4 Å². The van der Waals surface area contributed by atoms with Gasteiger partial charge >= 0.3 is 0 Å². The van der Waals surface area contributed by atoms with E-state index in [0.717, 1.165) is 44.9 Å². The fourth-order valence-corrected chi connectivity index (χ4v) is 5.56. The summed E-state index contributed by atoms with van der Waals surface area (Å²) in [4.78, 5) is 0. The van der Waals surface area contributed by atoms with Crippen LogP contribution in [0.1, 0.15) is 112 Å². The summed E-state index contributed by atoms with van der Waals surface area (Å²) in [6.45, 7) is 5.28. The van der Waals surface area contributed by atoms with Crippen LogP contribution in [0.15, 0.2) is 36.4 Å². The molecule has 2 saturated heterocycles. The molecule has 2 aromatic rings. The van der Waals surface area contributed by atoms with Crippen LogP contribution in [0.4, 0.5) is 8.78 Å². The number of hydrogen-bond acceptors (Lipinski definition) is 2. The predicted octanol–water partition coefficient (Wildman–Crippen LogP) is 8.40. The molecule has 0 aliphatic carbocycles. The van der Waals surface area contributed by atoms with Crippen LogP contribution in [0, 0.1) is 11.6 Å². The summed E-state index contributed by atoms with van der Waals surface area (Å²) in [7, 11) is 0. The zero-order valence-electron chi connectivity index (χ0n) is 20.8. The molecule has 2 aliphatic heterocycles. The van der Waals surface area contributed by atoms with Crippen LogP contribution in [-0.4, -0.2) is 19.3 Å². The second kappa shape index (κ2) is 12.3. The van der Waals surface area contributed by atoms with Crippen molar-refractivity contribution in [1.82, 2.24) is 0 Å². The van der Waals surface area contributed by atoms with Crippen molar-refractivity contribution in [2.24, 2.45) is 0 Å². The number of aryl methyl sites for hydroxylation is 1. The zero-order valence-corrected chi connectivity index (χ0v) is 20.8. The fraction of sp³-hybridized carbons (Fsp3) is 0.600. The summed E-state index contributed by atoms with van der Waals surface area (Å²) in [5.74, 6) is -1.55. The molecule has 2 heterocycles. The molecule has 2 aromatic carbocycles. The lowest BCUT2D eigenvalue weighted by Crippen LogP contribution is -2.26. The summed E-state index contributed by atoms with van der Waals surface area (Å²) in [5, 5.41) is 0. The van der Waals surface area contributed by atoms with Crippen molar-refractivity contribution in [3.8, 4) is 0 Å². The molecule has 4 atom stereocenters. The molecule has 0 bridgehead atoms. The van der Waals surface area contributed by atoms with Crippen LogP contribution in [0.2, 0.25) is 0 Å². The molecule has 186 valence electrons. The van der Waals surface area contributed by atoms with Gasteiger partial charge in [0.25, 0.3) is 0 Å². The third-order valence-corrected chi connectivity index (χ3v) is 7.69. The Hall–Kier alpha value is -1.78. The minimum atomic E-state index is -0.696. The topological polar surface area (TPSA) is 18.5 Å². The lowest BCUT2D eigenvalue weighted by atomic mass is 9.85. The summed E-state index contributed by atoms with van der Waals surface area (Å²) < 4.78 is 42.4. The summed E-state index contributed by atoms with van der Waals surface area (Å²) >= 11 is 0. The van der Waals surface area contributed by atoms with Gasteiger partial charge in [0.2, 0.25) is 0 Å². The van der Waals surface area contributed by atoms with E-state index in [9.17, 15) is 0 Å². The van der Waals surface area contributed by atoms with Gasteiger partial charge in [0.15, 0.2) is 11.6 Å². The largest absolute Gasteiger partial charge is 0.378 e. The number of ether oxygens (including phenoxy) is 2. The molecule has 34 heavy (non-hydrogen) atoms. The number of hydrogen-bond donors (Lipinski definition) is 0. The Morgan fingerprint density at radius 3 is 1.91 bits per heavy atom. The molecule has 2 fully saturated rings. The average Bonchev–Trinajstić information content (AvgIpc) is 2.87. The van der Waals surface area contributed by atoms with Crippen LogP contribution in [-0.2, 0) is 15.9 Å². The van der Waals surface area contributed by atoms with Gasteiger partial charge in [-0.15, -0.1) is 0 Å². The molecule has 2 aliphatic rings. The highest BCUT2D eigenvalue weighted by Gasteiger charge is 2.30. The van der Waals surface area contributed by atoms with Crippen LogP contribution < -0.4 is 0 Å². The molecular formula is C30H40F2O2. The van der Waals surface area contributed by atoms with Crippen molar-refractivity contribution < 1.29 is 18.3 Å². The quantitative estimate of drug-likeness (QED) is 0.343. The van der Waals surface area contributed by atoms with Gasteiger partial charge in [0.1, 0.15) is 0 Å². The molecule has 4 unspecified atom stereocenters. The lowest BCUT2D eigenvalue weighted by molar-refractivity contribution is -0.00305. The molecule has 0 aromatic heterocycles. The van der Waals surface area contributed by atoms with Gasteiger partial charge in [-0.25, -0.2) is 8.78 Å². The van der Waals surface area contributed by atoms with Crippen LogP contribution in [0.25, 0.3) is 0 Å². The fourth-order valence-electron chi connectivity index (χ4n) is 5.56. The van der Waals surface area contributed by atoms with E-state index >= 15 is 8.78 Å². The van der Waals surface area contributed by atoms with Gasteiger partial charge in [-0.2, -0.15) is 0 Å². The highest BCUT2D eigenvalue weighted by Crippen LogP contribution is 2.39. The van der Waals surface area contributed by atoms with E-state index in [2.05, 4.69) is 38.1 Å². The second-order valence-electron chi connectivity index (χ2n) is 10.2. The Bertz CT molecular complexity index is 895. The molecule has 0 radical (unpaired) electrons. The number of unbranched alkanes of at least 4 members (excludes halogenated alkanes) is 2. The van der Waals surface area contributed by atoms with Gasteiger partial charge in [-0.05, 0) is 60.8 Å². The Morgan fingerprint density at radius 1 is 0.735 bits per heavy atom. The second-order valence-corrected chi connectivity index (χ2v) is 10.2. The minimum absolute atomic E-state index is 0.0313. The highest BCUT2D eigenvalue weighted by atomic mass is 19.2. The number of benzene rings is 2. The van der Waals surface area contributed by atoms with Crippen LogP contribution in [0.5, 0.6) is 0 Å². The van der Waals surface area contributed by atoms with Crippen LogP contribution in [0.3, 0.4) is 0 Å². The van der Waals surface area contributed by atoms with Crippen molar-refractivity contribution in [2.45, 2.75) is 102 Å². The highest BCUT2D eigenvalue weighted by molar-refractivity contribution is 5.32. The zero-order chi connectivity index (χ0) is 23.9. The Labute approximate surface area is 204 Å². The first kappa shape index (κ1) is 25.3. The summed E-state index contributed by atoms with van der Waals surface area (Å²) in [6.07, 6.45) is 10.6. The Balaban J connectivity index is 1.34. The number of rotatable bonds is 9. The molecule has 4 rings (SSSR count). The Morgan fingerprint density at radius 2 is 1.38 bits per heavy atom. The first-order valence-corrected chi connectivity index (χ1v) is 13.4. The third kappa shape index (κ3) is 6.07. The van der Waals surface area contributed by atoms with E-state index in [4.69, 9.17) is 9.47 Å². The van der Waals surface area contributed by atoms with Crippen LogP contribution >= 0.6 is 0 Å². The SMILES string of the molecule is CCCCCC1CCC(c2ccc(C3CCC(c4ccc(CCC)cc4)OC3)c(F)c2F)CO1. The standard InChI is InChI=1S/C30H40F2O2/c1-3-5-6-8-25-15-13-23(19-33-25)26-16-17-27(30(32)29(26)31)24-14-18-28(34-20-24)22-11-9-21(7-4-2)10-12-22/h9-12,16-17,23-25,28H,3-8,13-15,18-20H2,1-2H3. The molecule has 0 N–H and O–H groups in total. The molecule has 4 heteroatoms. The molecule has 2 nitrogen and oxygen atoms in total. The van der Waals surface area contributed by atoms with Crippen molar-refractivity contribution in [3.63, 3.8) is 0 Å². The normalized spacial score (nSPS) is 25.4. The summed E-state index contributed by atoms with van der Waals surface area (Å²) in [5.41, 5.74) is 3.43. The van der Waals surface area contributed by atoms with Gasteiger partial charge in [0, 0.05) is 11.8 Å². The molecule has 0 saturated carbocycles. The third-order valence-electron chi connectivity index (χ3n) is 7.69. The van der Waals surface area contributed by atoms with Crippen molar-refractivity contribution in [2.75, 3.05) is 13.2 Å². The van der Waals surface area contributed by atoms with Gasteiger partial charge in [-0.1, -0.05) is 75.9 Å². The predicted molar refractivity (Wildman–Crippen MR) is 133 cm³/mol. The maximum atomic E-state index is 15.1. The van der Waals surface area contributed by atoms with Gasteiger partial charge in [-0.3, -0.25) is 0 Å². The maximum Gasteiger partial charge on any atom is 0.162 e. The molecular weight excluding hydrogens is 430 g/mol. The smallest absolute Gasteiger partial charge is 0.162 e. The van der Waals surface area contributed by atoms with E-state index in [-0.39, 0.29) is 24.0 Å². The first-order valence-electron chi connectivity index (χ1n) is 13.4. The first-order chi connectivity index (χ1) is 16.6. The average molecular weight is 471 g/mol. The molecule has 0 amide bonds. The Kier molecular flexibility index (Phi) is 9.13. The molecule has 0 spiro atoms. The number of halogens is 2. The monoisotopic (exact) mass is 470 g/mol. The van der Waals surface area contributed by atoms with Gasteiger partial charge < -0.3 is 9.47 Å². The van der Waals surface area contributed by atoms with Crippen molar-refractivity contribution in [3.05, 3.63) is 70.3 Å². The van der Waals surface area contributed by atoms with E-state index in [0.29, 0.717) is 24.3 Å². The van der Waals surface area contributed by atoms with E-state index in [1.54, 1.807) is 12.1 Å². The van der Waals surface area contributed by atoms with E-state index in [1.807, 2.05) is 0 Å². The van der Waals surface area contributed by atoms with Crippen molar-refractivity contribution >= 4 is 0 Å². The van der Waals surface area contributed by atoms with Gasteiger partial charge in [0.05, 0.1) is 25.4 Å². The lowest BCUT2D eigenvalue weighted by Gasteiger charge is -2.31.